The number of thioether (sulfide) groups is 1. The first kappa shape index (κ1) is 15.2. The number of nitrogens with zero attached hydrogens (tertiary/aromatic N) is 2. The summed E-state index contributed by atoms with van der Waals surface area (Å²) in [5.41, 5.74) is -0.306. The Morgan fingerprint density at radius 1 is 1.30 bits per heavy atom. The van der Waals surface area contributed by atoms with Crippen LogP contribution in [0.25, 0.3) is 11.3 Å². The zero-order valence-electron chi connectivity index (χ0n) is 10.00. The van der Waals surface area contributed by atoms with Gasteiger partial charge in [0.05, 0.1) is 20.8 Å². The van der Waals surface area contributed by atoms with Gasteiger partial charge in [-0.25, -0.2) is 4.98 Å². The van der Waals surface area contributed by atoms with Gasteiger partial charge in [0.25, 0.3) is 5.56 Å². The van der Waals surface area contributed by atoms with Crippen LogP contribution in [0.1, 0.15) is 5.56 Å². The van der Waals surface area contributed by atoms with E-state index in [4.69, 9.17) is 40.1 Å². The molecule has 2 rings (SSSR count). The number of nitriles is 1. The summed E-state index contributed by atoms with van der Waals surface area (Å²) in [5, 5.41) is 10.2. The first-order chi connectivity index (χ1) is 9.49. The number of benzene rings is 1. The molecule has 0 fully saturated rings. The van der Waals surface area contributed by atoms with E-state index in [-0.39, 0.29) is 31.9 Å². The van der Waals surface area contributed by atoms with Crippen molar-refractivity contribution in [2.75, 3.05) is 6.26 Å². The Labute approximate surface area is 133 Å². The molecule has 2 aromatic rings. The minimum absolute atomic E-state index is 0.123. The van der Waals surface area contributed by atoms with E-state index >= 15 is 0 Å². The fourth-order valence-corrected chi connectivity index (χ4v) is 2.66. The Morgan fingerprint density at radius 3 is 2.55 bits per heavy atom. The molecule has 4 nitrogen and oxygen atoms in total. The van der Waals surface area contributed by atoms with Gasteiger partial charge in [0.15, 0.2) is 5.16 Å². The molecule has 0 atom stereocenters. The van der Waals surface area contributed by atoms with Crippen molar-refractivity contribution >= 4 is 46.6 Å². The second kappa shape index (κ2) is 6.06. The van der Waals surface area contributed by atoms with Crippen molar-refractivity contribution in [2.24, 2.45) is 0 Å². The molecule has 1 N–H and O–H groups in total. The fourth-order valence-electron chi connectivity index (χ4n) is 1.58. The third kappa shape index (κ3) is 2.65. The van der Waals surface area contributed by atoms with Crippen molar-refractivity contribution in [3.63, 3.8) is 0 Å². The number of H-pyrrole nitrogens is 1. The van der Waals surface area contributed by atoms with Crippen LogP contribution in [0.4, 0.5) is 0 Å². The van der Waals surface area contributed by atoms with E-state index in [0.717, 1.165) is 0 Å². The van der Waals surface area contributed by atoms with Crippen LogP contribution in [0, 0.1) is 11.3 Å². The van der Waals surface area contributed by atoms with Crippen molar-refractivity contribution in [3.05, 3.63) is 43.1 Å². The molecule has 0 amide bonds. The lowest BCUT2D eigenvalue weighted by atomic mass is 10.1. The van der Waals surface area contributed by atoms with Crippen LogP contribution in [0.5, 0.6) is 0 Å². The smallest absolute Gasteiger partial charge is 0.270 e. The van der Waals surface area contributed by atoms with E-state index in [1.54, 1.807) is 6.26 Å². The molecule has 1 aromatic heterocycles. The quantitative estimate of drug-likeness (QED) is 0.507. The van der Waals surface area contributed by atoms with E-state index in [1.165, 1.54) is 23.9 Å². The van der Waals surface area contributed by atoms with Crippen LogP contribution in [-0.2, 0) is 0 Å². The molecule has 0 saturated heterocycles. The maximum atomic E-state index is 11.9. The van der Waals surface area contributed by atoms with Gasteiger partial charge in [0.1, 0.15) is 11.6 Å². The van der Waals surface area contributed by atoms with Crippen LogP contribution in [-0.4, -0.2) is 16.2 Å². The molecular formula is C12H6Cl3N3OS. The van der Waals surface area contributed by atoms with Gasteiger partial charge in [-0.05, 0) is 18.4 Å². The highest BCUT2D eigenvalue weighted by molar-refractivity contribution is 7.98. The molecular weight excluding hydrogens is 341 g/mol. The summed E-state index contributed by atoms with van der Waals surface area (Å²) < 4.78 is 0. The van der Waals surface area contributed by atoms with Crippen LogP contribution in [0.2, 0.25) is 15.1 Å². The van der Waals surface area contributed by atoms with Crippen molar-refractivity contribution in [2.45, 2.75) is 5.16 Å². The first-order valence-corrected chi connectivity index (χ1v) is 7.57. The Morgan fingerprint density at radius 2 is 1.95 bits per heavy atom. The van der Waals surface area contributed by atoms with Gasteiger partial charge in [-0.1, -0.05) is 46.6 Å². The second-order valence-electron chi connectivity index (χ2n) is 3.63. The third-order valence-electron chi connectivity index (χ3n) is 2.48. The zero-order chi connectivity index (χ0) is 14.9. The van der Waals surface area contributed by atoms with Crippen molar-refractivity contribution in [3.8, 4) is 17.3 Å². The normalized spacial score (nSPS) is 10.3. The molecule has 0 unspecified atom stereocenters. The molecule has 0 aliphatic carbocycles. The van der Waals surface area contributed by atoms with Gasteiger partial charge in [0.2, 0.25) is 0 Å². The average Bonchev–Trinajstić information content (AvgIpc) is 2.43. The number of halogens is 3. The van der Waals surface area contributed by atoms with E-state index in [1.807, 2.05) is 6.07 Å². The fraction of sp³-hybridized carbons (Fsp3) is 0.0833. The highest BCUT2D eigenvalue weighted by atomic mass is 35.5. The summed E-state index contributed by atoms with van der Waals surface area (Å²) in [6, 6.07) is 4.88. The van der Waals surface area contributed by atoms with E-state index in [2.05, 4.69) is 9.97 Å². The van der Waals surface area contributed by atoms with Crippen LogP contribution >= 0.6 is 46.6 Å². The van der Waals surface area contributed by atoms with Crippen molar-refractivity contribution in [1.82, 2.24) is 9.97 Å². The van der Waals surface area contributed by atoms with Gasteiger partial charge >= 0.3 is 0 Å². The molecule has 0 aliphatic rings. The van der Waals surface area contributed by atoms with Gasteiger partial charge < -0.3 is 4.98 Å². The van der Waals surface area contributed by atoms with Crippen molar-refractivity contribution < 1.29 is 0 Å². The molecule has 0 radical (unpaired) electrons. The topological polar surface area (TPSA) is 69.5 Å². The maximum absolute atomic E-state index is 11.9. The SMILES string of the molecule is CSc1nc(-c2c(Cl)ccc(Cl)c2Cl)c(C#N)c(=O)[nH]1. The summed E-state index contributed by atoms with van der Waals surface area (Å²) in [7, 11) is 0. The molecule has 20 heavy (non-hydrogen) atoms. The summed E-state index contributed by atoms with van der Waals surface area (Å²) in [4.78, 5) is 18.6. The molecule has 0 saturated carbocycles. The van der Waals surface area contributed by atoms with Gasteiger partial charge in [-0.2, -0.15) is 5.26 Å². The summed E-state index contributed by atoms with van der Waals surface area (Å²) in [6.45, 7) is 0. The summed E-state index contributed by atoms with van der Waals surface area (Å²) >= 11 is 19.4. The molecule has 1 aromatic carbocycles. The predicted molar refractivity (Wildman–Crippen MR) is 81.8 cm³/mol. The van der Waals surface area contributed by atoms with Crippen molar-refractivity contribution in [1.29, 1.82) is 5.26 Å². The lowest BCUT2D eigenvalue weighted by molar-refractivity contribution is 0.938. The van der Waals surface area contributed by atoms with Crippen LogP contribution in [0.3, 0.4) is 0 Å². The predicted octanol–water partition coefficient (Wildman–Crippen LogP) is 3.99. The Balaban J connectivity index is 2.89. The van der Waals surface area contributed by atoms with Gasteiger partial charge in [0, 0.05) is 5.56 Å². The van der Waals surface area contributed by atoms with E-state index < -0.39 is 5.56 Å². The standard InChI is InChI=1S/C12H6Cl3N3OS/c1-20-12-17-10(5(4-16)11(19)18-12)8-6(13)2-3-7(14)9(8)15/h2-3H,1H3,(H,17,18,19). The summed E-state index contributed by atoms with van der Waals surface area (Å²) in [5.74, 6) is 0. The average molecular weight is 347 g/mol. The highest BCUT2D eigenvalue weighted by Gasteiger charge is 2.20. The van der Waals surface area contributed by atoms with E-state index in [0.29, 0.717) is 5.16 Å². The van der Waals surface area contributed by atoms with Gasteiger partial charge in [-0.15, -0.1) is 0 Å². The number of nitrogens with one attached hydrogen (secondary N) is 1. The summed E-state index contributed by atoms with van der Waals surface area (Å²) in [6.07, 6.45) is 1.75. The van der Waals surface area contributed by atoms with Crippen LogP contribution in [0.15, 0.2) is 22.1 Å². The molecule has 0 spiro atoms. The lowest BCUT2D eigenvalue weighted by Crippen LogP contribution is -2.14. The monoisotopic (exact) mass is 345 g/mol. The minimum Gasteiger partial charge on any atom is -0.300 e. The number of aromatic amines is 1. The molecule has 102 valence electrons. The molecule has 8 heteroatoms. The van der Waals surface area contributed by atoms with Crippen LogP contribution < -0.4 is 5.56 Å². The second-order valence-corrected chi connectivity index (χ2v) is 5.62. The Bertz CT molecular complexity index is 783. The Hall–Kier alpha value is -1.19. The first-order valence-electron chi connectivity index (χ1n) is 5.21. The molecule has 1 heterocycles. The van der Waals surface area contributed by atoms with E-state index in [9.17, 15) is 4.79 Å². The largest absolute Gasteiger partial charge is 0.300 e. The highest BCUT2D eigenvalue weighted by Crippen LogP contribution is 2.39. The maximum Gasteiger partial charge on any atom is 0.270 e. The molecule has 0 aliphatic heterocycles. The number of hydrogen-bond acceptors (Lipinski definition) is 4. The lowest BCUT2D eigenvalue weighted by Gasteiger charge is -2.10. The Kier molecular flexibility index (Phi) is 4.61. The number of aromatic nitrogens is 2. The third-order valence-corrected chi connectivity index (χ3v) is 4.18. The number of rotatable bonds is 2. The molecule has 0 bridgehead atoms. The minimum atomic E-state index is -0.547. The van der Waals surface area contributed by atoms with Gasteiger partial charge in [-0.3, -0.25) is 4.79 Å². The zero-order valence-corrected chi connectivity index (χ0v) is 13.1. The number of hydrogen-bond donors (Lipinski definition) is 1.